The highest BCUT2D eigenvalue weighted by Gasteiger charge is 2.28. The number of amides is 1. The van der Waals surface area contributed by atoms with E-state index in [4.69, 9.17) is 13.9 Å². The first-order chi connectivity index (χ1) is 17.3. The van der Waals surface area contributed by atoms with E-state index in [0.29, 0.717) is 50.5 Å². The number of allylic oxidation sites excluding steroid dienone is 1. The van der Waals surface area contributed by atoms with E-state index in [1.54, 1.807) is 36.3 Å². The first-order valence-corrected chi connectivity index (χ1v) is 12.4. The highest BCUT2D eigenvalue weighted by atomic mass is 19.1. The lowest BCUT2D eigenvalue weighted by molar-refractivity contribution is -0.150. The molecule has 0 unspecified atom stereocenters. The number of ether oxygens (including phenoxy) is 2. The van der Waals surface area contributed by atoms with Gasteiger partial charge < -0.3 is 18.8 Å². The molecule has 1 fully saturated rings. The standard InChI is InChI=1S/C29H32FNO5/c1-5-34-27-19(4)28-24(25(17-36-28)20-7-9-22(30)10-8-20)16-23(27)18(3)15-26(32)31-13-11-21(12-14-31)29(33)35-6-2/h7-10,15-17,21H,5-6,11-14H2,1-4H3/b18-15+. The van der Waals surface area contributed by atoms with Crippen LogP contribution in [-0.2, 0) is 14.3 Å². The second-order valence-corrected chi connectivity index (χ2v) is 9.02. The molecule has 6 nitrogen and oxygen atoms in total. The summed E-state index contributed by atoms with van der Waals surface area (Å²) in [6.07, 6.45) is 4.50. The summed E-state index contributed by atoms with van der Waals surface area (Å²) < 4.78 is 30.5. The molecule has 0 radical (unpaired) electrons. The van der Waals surface area contributed by atoms with Crippen molar-refractivity contribution in [3.63, 3.8) is 0 Å². The van der Waals surface area contributed by atoms with Crippen molar-refractivity contribution in [2.45, 2.75) is 40.5 Å². The van der Waals surface area contributed by atoms with E-state index in [9.17, 15) is 14.0 Å². The Hall–Kier alpha value is -3.61. The van der Waals surface area contributed by atoms with Crippen LogP contribution in [0.1, 0.15) is 44.7 Å². The number of carbonyl (C=O) groups excluding carboxylic acids is 2. The molecule has 0 aliphatic carbocycles. The molecule has 0 atom stereocenters. The third-order valence-electron chi connectivity index (χ3n) is 6.68. The third-order valence-corrected chi connectivity index (χ3v) is 6.68. The largest absolute Gasteiger partial charge is 0.493 e. The van der Waals surface area contributed by atoms with Crippen LogP contribution in [0.4, 0.5) is 4.39 Å². The molecule has 0 saturated carbocycles. The second kappa shape index (κ2) is 11.0. The fraction of sp³-hybridized carbons (Fsp3) is 0.379. The molecule has 3 aromatic rings. The van der Waals surface area contributed by atoms with E-state index in [1.807, 2.05) is 26.8 Å². The molecule has 0 bridgehead atoms. The van der Waals surface area contributed by atoms with Crippen LogP contribution in [0, 0.1) is 18.7 Å². The Morgan fingerprint density at radius 1 is 1.14 bits per heavy atom. The van der Waals surface area contributed by atoms with Crippen LogP contribution in [-0.4, -0.2) is 43.1 Å². The molecule has 2 heterocycles. The second-order valence-electron chi connectivity index (χ2n) is 9.02. The minimum atomic E-state index is -0.300. The van der Waals surface area contributed by atoms with Crippen LogP contribution in [0.5, 0.6) is 5.75 Å². The lowest BCUT2D eigenvalue weighted by Gasteiger charge is -2.30. The van der Waals surface area contributed by atoms with E-state index in [-0.39, 0.29) is 23.6 Å². The number of hydrogen-bond donors (Lipinski definition) is 0. The van der Waals surface area contributed by atoms with Gasteiger partial charge >= 0.3 is 5.97 Å². The number of likely N-dealkylation sites (tertiary alicyclic amines) is 1. The van der Waals surface area contributed by atoms with E-state index >= 15 is 0 Å². The predicted octanol–water partition coefficient (Wildman–Crippen LogP) is 6.15. The predicted molar refractivity (Wildman–Crippen MR) is 137 cm³/mol. The van der Waals surface area contributed by atoms with Gasteiger partial charge in [-0.2, -0.15) is 0 Å². The van der Waals surface area contributed by atoms with Gasteiger partial charge in [0.15, 0.2) is 0 Å². The zero-order valence-electron chi connectivity index (χ0n) is 21.2. The maximum Gasteiger partial charge on any atom is 0.309 e. The molecular formula is C29H32FNO5. The van der Waals surface area contributed by atoms with Gasteiger partial charge in [0, 0.05) is 41.2 Å². The fourth-order valence-corrected chi connectivity index (χ4v) is 4.74. The van der Waals surface area contributed by atoms with Gasteiger partial charge in [-0.3, -0.25) is 9.59 Å². The molecule has 190 valence electrons. The summed E-state index contributed by atoms with van der Waals surface area (Å²) in [4.78, 5) is 26.9. The van der Waals surface area contributed by atoms with Gasteiger partial charge in [-0.05, 0) is 69.9 Å². The van der Waals surface area contributed by atoms with Crippen LogP contribution in [0.15, 0.2) is 47.1 Å². The van der Waals surface area contributed by atoms with Crippen molar-refractivity contribution in [3.05, 3.63) is 59.6 Å². The Labute approximate surface area is 210 Å². The molecule has 1 amide bonds. The van der Waals surface area contributed by atoms with Crippen LogP contribution in [0.25, 0.3) is 27.7 Å². The fourth-order valence-electron chi connectivity index (χ4n) is 4.74. The molecule has 1 saturated heterocycles. The first-order valence-electron chi connectivity index (χ1n) is 12.4. The summed E-state index contributed by atoms with van der Waals surface area (Å²) in [6.45, 7) is 9.40. The Bertz CT molecular complexity index is 1280. The molecule has 2 aromatic carbocycles. The number of hydrogen-bond acceptors (Lipinski definition) is 5. The molecule has 7 heteroatoms. The van der Waals surface area contributed by atoms with Crippen molar-refractivity contribution >= 4 is 28.4 Å². The first kappa shape index (κ1) is 25.5. The normalized spacial score (nSPS) is 14.8. The Morgan fingerprint density at radius 3 is 2.47 bits per heavy atom. The number of esters is 1. The van der Waals surface area contributed by atoms with Crippen molar-refractivity contribution in [3.8, 4) is 16.9 Å². The van der Waals surface area contributed by atoms with Gasteiger partial charge in [0.2, 0.25) is 5.91 Å². The maximum absolute atomic E-state index is 13.5. The number of rotatable bonds is 7. The molecule has 1 aliphatic rings. The summed E-state index contributed by atoms with van der Waals surface area (Å²) in [5.41, 5.74) is 4.80. The highest BCUT2D eigenvalue weighted by molar-refractivity contribution is 6.01. The summed E-state index contributed by atoms with van der Waals surface area (Å²) in [6, 6.07) is 8.26. The maximum atomic E-state index is 13.5. The van der Waals surface area contributed by atoms with Crippen molar-refractivity contribution in [2.75, 3.05) is 26.3 Å². The van der Waals surface area contributed by atoms with E-state index < -0.39 is 0 Å². The lowest BCUT2D eigenvalue weighted by Crippen LogP contribution is -2.40. The Kier molecular flexibility index (Phi) is 7.77. The van der Waals surface area contributed by atoms with E-state index in [2.05, 4.69) is 0 Å². The molecule has 1 aromatic heterocycles. The summed E-state index contributed by atoms with van der Waals surface area (Å²) >= 11 is 0. The minimum Gasteiger partial charge on any atom is -0.493 e. The average molecular weight is 494 g/mol. The number of aryl methyl sites for hydroxylation is 1. The van der Waals surface area contributed by atoms with Gasteiger partial charge in [0.25, 0.3) is 0 Å². The number of piperidine rings is 1. The van der Waals surface area contributed by atoms with Gasteiger partial charge in [-0.1, -0.05) is 12.1 Å². The van der Waals surface area contributed by atoms with E-state index in [1.165, 1.54) is 12.1 Å². The molecule has 0 N–H and O–H groups in total. The number of nitrogens with zero attached hydrogens (tertiary/aromatic N) is 1. The lowest BCUT2D eigenvalue weighted by atomic mass is 9.95. The molecule has 36 heavy (non-hydrogen) atoms. The molecule has 1 aliphatic heterocycles. The quantitative estimate of drug-likeness (QED) is 0.292. The number of carbonyl (C=O) groups is 2. The van der Waals surface area contributed by atoms with Crippen LogP contribution >= 0.6 is 0 Å². The molecular weight excluding hydrogens is 461 g/mol. The minimum absolute atomic E-state index is 0.0963. The summed E-state index contributed by atoms with van der Waals surface area (Å²) in [5, 5.41) is 0.869. The number of furan rings is 1. The summed E-state index contributed by atoms with van der Waals surface area (Å²) in [5.74, 6) is -0.0580. The Morgan fingerprint density at radius 2 is 1.83 bits per heavy atom. The van der Waals surface area contributed by atoms with Gasteiger partial charge in [-0.25, -0.2) is 4.39 Å². The van der Waals surface area contributed by atoms with Crippen molar-refractivity contribution in [2.24, 2.45) is 5.92 Å². The zero-order valence-corrected chi connectivity index (χ0v) is 21.2. The van der Waals surface area contributed by atoms with Crippen molar-refractivity contribution < 1.29 is 27.9 Å². The monoisotopic (exact) mass is 493 g/mol. The highest BCUT2D eigenvalue weighted by Crippen LogP contribution is 2.41. The van der Waals surface area contributed by atoms with Crippen LogP contribution in [0.3, 0.4) is 0 Å². The van der Waals surface area contributed by atoms with E-state index in [0.717, 1.165) is 33.2 Å². The number of fused-ring (bicyclic) bond motifs is 1. The summed E-state index contributed by atoms with van der Waals surface area (Å²) in [7, 11) is 0. The number of benzene rings is 2. The smallest absolute Gasteiger partial charge is 0.309 e. The average Bonchev–Trinajstić information content (AvgIpc) is 3.30. The molecule has 0 spiro atoms. The van der Waals surface area contributed by atoms with Crippen LogP contribution < -0.4 is 4.74 Å². The van der Waals surface area contributed by atoms with Gasteiger partial charge in [0.1, 0.15) is 17.1 Å². The SMILES string of the molecule is CCOC(=O)C1CCN(C(=O)/C=C(\C)c2cc3c(-c4ccc(F)cc4)coc3c(C)c2OCC)CC1. The van der Waals surface area contributed by atoms with Gasteiger partial charge in [-0.15, -0.1) is 0 Å². The topological polar surface area (TPSA) is 69.0 Å². The zero-order chi connectivity index (χ0) is 25.8. The number of halogens is 1. The Balaban J connectivity index is 1.65. The van der Waals surface area contributed by atoms with Crippen molar-refractivity contribution in [1.29, 1.82) is 0 Å². The van der Waals surface area contributed by atoms with Crippen molar-refractivity contribution in [1.82, 2.24) is 4.90 Å². The van der Waals surface area contributed by atoms with Gasteiger partial charge in [0.05, 0.1) is 25.4 Å². The molecule has 4 rings (SSSR count). The van der Waals surface area contributed by atoms with Crippen LogP contribution in [0.2, 0.25) is 0 Å². The third kappa shape index (κ3) is 5.15.